The number of nitrogens with two attached hydrogens (primary N) is 1. The second-order valence-electron chi connectivity index (χ2n) is 13.6. The molecule has 0 unspecified atom stereocenters. The third kappa shape index (κ3) is 15.1. The van der Waals surface area contributed by atoms with Crippen molar-refractivity contribution >= 4 is 41.4 Å². The van der Waals surface area contributed by atoms with Crippen LogP contribution in [0.2, 0.25) is 0 Å². The number of carboxylic acid groups (broad SMARTS) is 1. The van der Waals surface area contributed by atoms with Gasteiger partial charge in [0.1, 0.15) is 42.3 Å². The van der Waals surface area contributed by atoms with Gasteiger partial charge in [-0.3, -0.25) is 33.6 Å². The number of hydrogen-bond acceptors (Lipinski definition) is 9. The Labute approximate surface area is 299 Å². The van der Waals surface area contributed by atoms with Crippen molar-refractivity contribution in [1.82, 2.24) is 31.9 Å². The van der Waals surface area contributed by atoms with E-state index in [1.165, 1.54) is 13.8 Å². The first kappa shape index (κ1) is 44.5. The quantitative estimate of drug-likeness (QED) is 0.0774. The fourth-order valence-electron chi connectivity index (χ4n) is 4.90. The van der Waals surface area contributed by atoms with E-state index in [0.29, 0.717) is 12.0 Å². The highest BCUT2D eigenvalue weighted by atomic mass is 16.4. The Kier molecular flexibility index (Phi) is 18.8. The second kappa shape index (κ2) is 21.6. The lowest BCUT2D eigenvalue weighted by molar-refractivity contribution is -0.141. The summed E-state index contributed by atoms with van der Waals surface area (Å²) in [7, 11) is 0. The molecule has 1 aromatic rings. The van der Waals surface area contributed by atoms with Gasteiger partial charge in [0.25, 0.3) is 0 Å². The first-order valence-electron chi connectivity index (χ1n) is 17.3. The van der Waals surface area contributed by atoms with Gasteiger partial charge < -0.3 is 47.8 Å². The monoisotopic (exact) mass is 719 g/mol. The standard InChI is InChI=1S/C35H57N7O9/c1-9-20(6)28(34(49)39-25(15-18(2)3)31(46)37-21(7)29(44)38-22(8)35(50)51)42-32(47)26(16-23-13-11-10-12-14-23)40-33(48)27(19(4)5)41-30(45)24(36)17-43/h10-14,18-22,24-28,43H,9,15-17,36H2,1-8H3,(H,37,46)(H,38,44)(H,39,49)(H,40,48)(H,41,45)(H,42,47)(H,50,51)/t20-,21-,22-,24-,25-,26-,27-,28-/m0/s1. The van der Waals surface area contributed by atoms with Crippen molar-refractivity contribution in [3.05, 3.63) is 35.9 Å². The lowest BCUT2D eigenvalue weighted by Crippen LogP contribution is -2.61. The van der Waals surface area contributed by atoms with Gasteiger partial charge in [-0.05, 0) is 43.6 Å². The minimum atomic E-state index is -1.25. The lowest BCUT2D eigenvalue weighted by atomic mass is 9.95. The zero-order chi connectivity index (χ0) is 39.0. The van der Waals surface area contributed by atoms with Crippen LogP contribution in [0.25, 0.3) is 0 Å². The molecule has 1 rings (SSSR count). The number of hydrogen-bond donors (Lipinski definition) is 9. The van der Waals surface area contributed by atoms with Crippen molar-refractivity contribution < 1.29 is 43.8 Å². The Hall–Kier alpha value is -4.57. The van der Waals surface area contributed by atoms with Gasteiger partial charge in [-0.2, -0.15) is 0 Å². The summed E-state index contributed by atoms with van der Waals surface area (Å²) in [5.74, 6) is -6.31. The topological polar surface area (TPSA) is 258 Å². The van der Waals surface area contributed by atoms with Gasteiger partial charge in [0.2, 0.25) is 35.4 Å². The van der Waals surface area contributed by atoms with Gasteiger partial charge in [-0.15, -0.1) is 0 Å². The molecule has 16 nitrogen and oxygen atoms in total. The number of nitrogens with one attached hydrogen (secondary N) is 6. The number of aliphatic hydroxyl groups is 1. The number of carbonyl (C=O) groups excluding carboxylic acids is 6. The van der Waals surface area contributed by atoms with Gasteiger partial charge in [0, 0.05) is 6.42 Å². The Morgan fingerprint density at radius 2 is 1.16 bits per heavy atom. The number of carbonyl (C=O) groups is 7. The van der Waals surface area contributed by atoms with Crippen LogP contribution in [0.1, 0.15) is 73.8 Å². The molecule has 0 radical (unpaired) electrons. The average Bonchev–Trinajstić information content (AvgIpc) is 3.07. The van der Waals surface area contributed by atoms with Crippen LogP contribution in [0.5, 0.6) is 0 Å². The molecule has 0 aromatic heterocycles. The summed E-state index contributed by atoms with van der Waals surface area (Å²) in [6.45, 7) is 12.7. The Balaban J connectivity index is 3.31. The molecule has 0 spiro atoms. The van der Waals surface area contributed by atoms with Gasteiger partial charge in [0.15, 0.2) is 0 Å². The van der Waals surface area contributed by atoms with Crippen molar-refractivity contribution in [2.24, 2.45) is 23.5 Å². The molecule has 0 fully saturated rings. The van der Waals surface area contributed by atoms with E-state index in [2.05, 4.69) is 31.9 Å². The minimum Gasteiger partial charge on any atom is -0.480 e. The molecule has 0 aliphatic heterocycles. The van der Waals surface area contributed by atoms with E-state index in [9.17, 15) is 38.7 Å². The molecule has 0 saturated carbocycles. The fraction of sp³-hybridized carbons (Fsp3) is 0.629. The molecule has 0 aliphatic rings. The summed E-state index contributed by atoms with van der Waals surface area (Å²) in [6, 6.07) is 0.802. The summed E-state index contributed by atoms with van der Waals surface area (Å²) in [6.07, 6.45) is 0.690. The van der Waals surface area contributed by atoms with Crippen LogP contribution in [0.15, 0.2) is 30.3 Å². The van der Waals surface area contributed by atoms with Crippen molar-refractivity contribution in [2.45, 2.75) is 117 Å². The summed E-state index contributed by atoms with van der Waals surface area (Å²) >= 11 is 0. The van der Waals surface area contributed by atoms with Crippen LogP contribution < -0.4 is 37.6 Å². The highest BCUT2D eigenvalue weighted by Crippen LogP contribution is 2.13. The van der Waals surface area contributed by atoms with Crippen molar-refractivity contribution in [3.8, 4) is 0 Å². The van der Waals surface area contributed by atoms with E-state index in [4.69, 9.17) is 10.8 Å². The second-order valence-corrected chi connectivity index (χ2v) is 13.6. The van der Waals surface area contributed by atoms with Crippen LogP contribution in [0, 0.1) is 17.8 Å². The van der Waals surface area contributed by atoms with Gasteiger partial charge in [-0.25, -0.2) is 0 Å². The van der Waals surface area contributed by atoms with Gasteiger partial charge in [0.05, 0.1) is 6.61 Å². The Morgan fingerprint density at radius 3 is 1.67 bits per heavy atom. The van der Waals surface area contributed by atoms with Crippen LogP contribution in [-0.4, -0.2) is 101 Å². The lowest BCUT2D eigenvalue weighted by Gasteiger charge is -2.30. The Morgan fingerprint density at radius 1 is 0.647 bits per heavy atom. The summed E-state index contributed by atoms with van der Waals surface area (Å²) in [4.78, 5) is 90.6. The molecule has 286 valence electrons. The molecule has 0 aliphatic carbocycles. The number of aliphatic carboxylic acids is 1. The number of benzene rings is 1. The largest absolute Gasteiger partial charge is 0.480 e. The number of carboxylic acids is 1. The van der Waals surface area contributed by atoms with E-state index < -0.39 is 102 Å². The molecule has 8 atom stereocenters. The third-order valence-corrected chi connectivity index (χ3v) is 8.31. The maximum Gasteiger partial charge on any atom is 0.325 e. The Bertz CT molecular complexity index is 1340. The number of aliphatic hydroxyl groups excluding tert-OH is 1. The highest BCUT2D eigenvalue weighted by molar-refractivity contribution is 5.97. The zero-order valence-corrected chi connectivity index (χ0v) is 30.8. The van der Waals surface area contributed by atoms with Gasteiger partial charge >= 0.3 is 5.97 Å². The molecule has 0 heterocycles. The molecule has 16 heteroatoms. The van der Waals surface area contributed by atoms with E-state index >= 15 is 0 Å². The summed E-state index contributed by atoms with van der Waals surface area (Å²) < 4.78 is 0. The van der Waals surface area contributed by atoms with E-state index in [0.717, 1.165) is 0 Å². The van der Waals surface area contributed by atoms with Crippen molar-refractivity contribution in [2.75, 3.05) is 6.61 Å². The van der Waals surface area contributed by atoms with Gasteiger partial charge in [-0.1, -0.05) is 78.3 Å². The zero-order valence-electron chi connectivity index (χ0n) is 30.8. The minimum absolute atomic E-state index is 0.0427. The maximum absolute atomic E-state index is 13.9. The summed E-state index contributed by atoms with van der Waals surface area (Å²) in [5.41, 5.74) is 6.33. The highest BCUT2D eigenvalue weighted by Gasteiger charge is 2.35. The summed E-state index contributed by atoms with van der Waals surface area (Å²) in [5, 5.41) is 33.9. The normalized spacial score (nSPS) is 15.9. The molecular formula is C35H57N7O9. The molecule has 6 amide bonds. The molecule has 0 saturated heterocycles. The fourth-order valence-corrected chi connectivity index (χ4v) is 4.90. The van der Waals surface area contributed by atoms with E-state index in [1.54, 1.807) is 51.1 Å². The maximum atomic E-state index is 13.9. The van der Waals surface area contributed by atoms with E-state index in [1.807, 2.05) is 20.8 Å². The first-order chi connectivity index (χ1) is 23.8. The molecule has 51 heavy (non-hydrogen) atoms. The molecule has 0 bridgehead atoms. The van der Waals surface area contributed by atoms with Crippen LogP contribution in [0.3, 0.4) is 0 Å². The predicted octanol–water partition coefficient (Wildman–Crippen LogP) is -0.670. The van der Waals surface area contributed by atoms with Crippen LogP contribution in [0.4, 0.5) is 0 Å². The van der Waals surface area contributed by atoms with Crippen molar-refractivity contribution in [1.29, 1.82) is 0 Å². The molecule has 1 aromatic carbocycles. The van der Waals surface area contributed by atoms with Crippen LogP contribution >= 0.6 is 0 Å². The SMILES string of the molecule is CC[C@H](C)[C@H](NC(=O)[C@H](Cc1ccccc1)NC(=O)[C@@H](NC(=O)[C@@H](N)CO)C(C)C)C(=O)N[C@@H](CC(C)C)C(=O)N[C@@H](C)C(=O)N[C@@H](C)C(=O)O. The number of rotatable bonds is 21. The predicted molar refractivity (Wildman–Crippen MR) is 190 cm³/mol. The average molecular weight is 720 g/mol. The molecular weight excluding hydrogens is 662 g/mol. The van der Waals surface area contributed by atoms with E-state index in [-0.39, 0.29) is 18.8 Å². The van der Waals surface area contributed by atoms with Crippen LogP contribution in [-0.2, 0) is 40.0 Å². The smallest absolute Gasteiger partial charge is 0.325 e. The first-order valence-corrected chi connectivity index (χ1v) is 17.3. The number of amides is 6. The third-order valence-electron chi connectivity index (χ3n) is 8.31. The molecule has 10 N–H and O–H groups in total. The van der Waals surface area contributed by atoms with Crippen molar-refractivity contribution in [3.63, 3.8) is 0 Å².